The molecule has 4 aromatic rings. The highest BCUT2D eigenvalue weighted by molar-refractivity contribution is 5.83. The molecule has 27 heavy (non-hydrogen) atoms. The van der Waals surface area contributed by atoms with Crippen molar-refractivity contribution in [1.82, 2.24) is 20.2 Å². The molecule has 0 aliphatic rings. The average molecular weight is 366 g/mol. The molecule has 136 valence electrons. The lowest BCUT2D eigenvalue weighted by Crippen LogP contribution is -2.08. The molecule has 4 rings (SSSR count). The summed E-state index contributed by atoms with van der Waals surface area (Å²) in [6.45, 7) is 0.658. The first kappa shape index (κ1) is 16.9. The summed E-state index contributed by atoms with van der Waals surface area (Å²) in [5, 5.41) is 14.9. The average Bonchev–Trinajstić information content (AvgIpc) is 3.09. The van der Waals surface area contributed by atoms with Crippen molar-refractivity contribution in [2.45, 2.75) is 6.42 Å². The minimum atomic E-state index is -0.944. The van der Waals surface area contributed by atoms with Crippen LogP contribution in [-0.2, 0) is 6.42 Å². The maximum absolute atomic E-state index is 13.3. The number of halogens is 2. The van der Waals surface area contributed by atoms with Crippen molar-refractivity contribution in [3.63, 3.8) is 0 Å². The van der Waals surface area contributed by atoms with Gasteiger partial charge in [-0.15, -0.1) is 5.10 Å². The molecule has 6 nitrogen and oxygen atoms in total. The van der Waals surface area contributed by atoms with Crippen molar-refractivity contribution in [3.05, 3.63) is 72.1 Å². The summed E-state index contributed by atoms with van der Waals surface area (Å²) in [6.07, 6.45) is 4.31. The van der Waals surface area contributed by atoms with Gasteiger partial charge in [-0.2, -0.15) is 10.1 Å². The summed E-state index contributed by atoms with van der Waals surface area (Å²) in [5.74, 6) is -1.12. The van der Waals surface area contributed by atoms with Gasteiger partial charge in [0, 0.05) is 35.4 Å². The Morgan fingerprint density at radius 3 is 2.81 bits per heavy atom. The molecule has 3 N–H and O–H groups in total. The Morgan fingerprint density at radius 2 is 1.93 bits per heavy atom. The van der Waals surface area contributed by atoms with Gasteiger partial charge in [-0.25, -0.2) is 8.78 Å². The molecule has 0 saturated carbocycles. The maximum atomic E-state index is 13.3. The van der Waals surface area contributed by atoms with Gasteiger partial charge in [0.15, 0.2) is 17.5 Å². The van der Waals surface area contributed by atoms with Crippen molar-refractivity contribution in [1.29, 1.82) is 0 Å². The smallest absolute Gasteiger partial charge is 0.249 e. The lowest BCUT2D eigenvalue weighted by atomic mass is 10.1. The van der Waals surface area contributed by atoms with Gasteiger partial charge in [-0.05, 0) is 30.2 Å². The summed E-state index contributed by atoms with van der Waals surface area (Å²) in [6, 6.07) is 11.6. The van der Waals surface area contributed by atoms with Gasteiger partial charge < -0.3 is 15.6 Å². The largest absolute Gasteiger partial charge is 0.368 e. The topological polar surface area (TPSA) is 78.5 Å². The zero-order valence-corrected chi connectivity index (χ0v) is 14.2. The predicted molar refractivity (Wildman–Crippen MR) is 100.0 cm³/mol. The van der Waals surface area contributed by atoms with Crippen LogP contribution in [0.5, 0.6) is 0 Å². The first-order valence-electron chi connectivity index (χ1n) is 8.40. The van der Waals surface area contributed by atoms with Crippen LogP contribution in [0, 0.1) is 11.6 Å². The fraction of sp³-hybridized carbons (Fsp3) is 0.105. The highest BCUT2D eigenvalue weighted by Crippen LogP contribution is 2.19. The third-order valence-electron chi connectivity index (χ3n) is 4.11. The number of para-hydroxylation sites is 1. The van der Waals surface area contributed by atoms with E-state index in [2.05, 4.69) is 36.9 Å². The number of H-pyrrole nitrogens is 1. The second kappa shape index (κ2) is 7.36. The molecule has 0 atom stereocenters. The number of aromatic amines is 1. The minimum Gasteiger partial charge on any atom is -0.368 e. The minimum absolute atomic E-state index is 0.193. The number of rotatable bonds is 6. The van der Waals surface area contributed by atoms with Crippen LogP contribution in [0.15, 0.2) is 54.9 Å². The van der Waals surface area contributed by atoms with Crippen molar-refractivity contribution >= 4 is 28.4 Å². The first-order valence-corrected chi connectivity index (χ1v) is 8.40. The van der Waals surface area contributed by atoms with E-state index in [1.807, 2.05) is 24.4 Å². The molecule has 0 spiro atoms. The van der Waals surface area contributed by atoms with Gasteiger partial charge in [0.2, 0.25) is 5.95 Å². The van der Waals surface area contributed by atoms with E-state index in [-0.39, 0.29) is 5.95 Å². The monoisotopic (exact) mass is 366 g/mol. The molecule has 0 fully saturated rings. The van der Waals surface area contributed by atoms with Crippen LogP contribution in [-0.4, -0.2) is 26.7 Å². The van der Waals surface area contributed by atoms with Crippen molar-refractivity contribution in [2.75, 3.05) is 17.2 Å². The molecule has 2 aromatic heterocycles. The summed E-state index contributed by atoms with van der Waals surface area (Å²) in [7, 11) is 0. The highest BCUT2D eigenvalue weighted by Gasteiger charge is 2.06. The van der Waals surface area contributed by atoms with Gasteiger partial charge in [-0.1, -0.05) is 18.2 Å². The Bertz CT molecular complexity index is 1080. The molecule has 0 amide bonds. The second-order valence-electron chi connectivity index (χ2n) is 5.96. The molecule has 8 heteroatoms. The summed E-state index contributed by atoms with van der Waals surface area (Å²) < 4.78 is 26.3. The SMILES string of the molecule is Fc1ccc(Nc2nncc(NCCc3c[nH]c4ccccc34)n2)cc1F. The summed E-state index contributed by atoms with van der Waals surface area (Å²) in [4.78, 5) is 7.53. The zero-order valence-electron chi connectivity index (χ0n) is 14.2. The number of hydrogen-bond acceptors (Lipinski definition) is 5. The van der Waals surface area contributed by atoms with Crippen LogP contribution in [0.2, 0.25) is 0 Å². The molecule has 0 radical (unpaired) electrons. The van der Waals surface area contributed by atoms with Crippen LogP contribution in [0.3, 0.4) is 0 Å². The first-order chi connectivity index (χ1) is 13.2. The Hall–Kier alpha value is -3.55. The number of hydrogen-bond donors (Lipinski definition) is 3. The van der Waals surface area contributed by atoms with Crippen molar-refractivity contribution in [3.8, 4) is 0 Å². The van der Waals surface area contributed by atoms with Crippen molar-refractivity contribution < 1.29 is 8.78 Å². The van der Waals surface area contributed by atoms with E-state index in [9.17, 15) is 8.78 Å². The molecule has 0 unspecified atom stereocenters. The number of anilines is 3. The summed E-state index contributed by atoms with van der Waals surface area (Å²) in [5.41, 5.74) is 2.65. The zero-order chi connectivity index (χ0) is 18.6. The van der Waals surface area contributed by atoms with E-state index >= 15 is 0 Å². The van der Waals surface area contributed by atoms with Gasteiger partial charge in [0.25, 0.3) is 0 Å². The van der Waals surface area contributed by atoms with E-state index < -0.39 is 11.6 Å². The molecule has 0 aliphatic heterocycles. The Balaban J connectivity index is 1.39. The standard InChI is InChI=1S/C19H16F2N6/c20-15-6-5-13(9-16(15)21)25-19-26-18(11-24-27-19)22-8-7-12-10-23-17-4-2-1-3-14(12)17/h1-6,9-11,23H,7-8H2,(H2,22,25,26,27). The lowest BCUT2D eigenvalue weighted by Gasteiger charge is -2.08. The molecular formula is C19H16F2N6. The van der Waals surface area contributed by atoms with Gasteiger partial charge in [0.1, 0.15) is 0 Å². The normalized spacial score (nSPS) is 10.9. The fourth-order valence-electron chi connectivity index (χ4n) is 2.81. The lowest BCUT2D eigenvalue weighted by molar-refractivity contribution is 0.509. The number of nitrogens with one attached hydrogen (secondary N) is 3. The van der Waals surface area contributed by atoms with Gasteiger partial charge >= 0.3 is 0 Å². The second-order valence-corrected chi connectivity index (χ2v) is 5.96. The van der Waals surface area contributed by atoms with Crippen molar-refractivity contribution in [2.24, 2.45) is 0 Å². The molecule has 0 aliphatic carbocycles. The molecule has 0 bridgehead atoms. The van der Waals surface area contributed by atoms with Crippen LogP contribution in [0.25, 0.3) is 10.9 Å². The van der Waals surface area contributed by atoms with Crippen LogP contribution in [0.1, 0.15) is 5.56 Å². The predicted octanol–water partition coefficient (Wildman–Crippen LogP) is 4.03. The quantitative estimate of drug-likeness (QED) is 0.480. The third kappa shape index (κ3) is 3.84. The van der Waals surface area contributed by atoms with E-state index in [0.29, 0.717) is 18.1 Å². The fourth-order valence-corrected chi connectivity index (χ4v) is 2.81. The molecule has 2 heterocycles. The van der Waals surface area contributed by atoms with Crippen LogP contribution in [0.4, 0.5) is 26.2 Å². The maximum Gasteiger partial charge on any atom is 0.249 e. The highest BCUT2D eigenvalue weighted by atomic mass is 19.2. The van der Waals surface area contributed by atoms with E-state index in [0.717, 1.165) is 24.1 Å². The van der Waals surface area contributed by atoms with Gasteiger partial charge in [0.05, 0.1) is 6.20 Å². The third-order valence-corrected chi connectivity index (χ3v) is 4.11. The molecule has 0 saturated heterocycles. The molecular weight excluding hydrogens is 350 g/mol. The summed E-state index contributed by atoms with van der Waals surface area (Å²) >= 11 is 0. The Morgan fingerprint density at radius 1 is 1.04 bits per heavy atom. The van der Waals surface area contributed by atoms with E-state index in [1.165, 1.54) is 23.2 Å². The Kier molecular flexibility index (Phi) is 4.61. The van der Waals surface area contributed by atoms with Gasteiger partial charge in [-0.3, -0.25) is 0 Å². The van der Waals surface area contributed by atoms with Crippen LogP contribution >= 0.6 is 0 Å². The van der Waals surface area contributed by atoms with Crippen LogP contribution < -0.4 is 10.6 Å². The number of aromatic nitrogens is 4. The number of nitrogens with zero attached hydrogens (tertiary/aromatic N) is 3. The number of fused-ring (bicyclic) bond motifs is 1. The van der Waals surface area contributed by atoms with E-state index in [1.54, 1.807) is 0 Å². The molecule has 2 aromatic carbocycles. The Labute approximate surface area is 153 Å². The number of benzene rings is 2. The van der Waals surface area contributed by atoms with E-state index in [4.69, 9.17) is 0 Å².